The summed E-state index contributed by atoms with van der Waals surface area (Å²) in [5.41, 5.74) is 0.369. The summed E-state index contributed by atoms with van der Waals surface area (Å²) in [7, 11) is -2.26. The normalized spacial score (nSPS) is 14.9. The molecule has 4 nitrogen and oxygen atoms in total. The smallest absolute Gasteiger partial charge is 0.334 e. The van der Waals surface area contributed by atoms with Crippen LogP contribution in [0.4, 0.5) is 0 Å². The first-order valence-corrected chi connectivity index (χ1v) is 5.22. The highest BCUT2D eigenvalue weighted by atomic mass is 32.2. The van der Waals surface area contributed by atoms with Gasteiger partial charge in [-0.25, -0.2) is 4.79 Å². The molecule has 0 saturated heterocycles. The molecular weight excluding hydrogens is 204 g/mol. The van der Waals surface area contributed by atoms with Crippen molar-refractivity contribution >= 4 is 21.1 Å². The fourth-order valence-corrected chi connectivity index (χ4v) is 1.52. The third kappa shape index (κ3) is 2.56. The number of hydrogen-bond donors (Lipinski definition) is 0. The molecule has 5 heteroatoms. The molecule has 1 rings (SSSR count). The minimum Gasteiger partial charge on any atom is -0.463 e. The molecule has 0 atom stereocenters. The highest BCUT2D eigenvalue weighted by Crippen LogP contribution is 2.11. The molecule has 1 aliphatic carbocycles. The van der Waals surface area contributed by atoms with Crippen LogP contribution >= 0.6 is 0 Å². The van der Waals surface area contributed by atoms with Gasteiger partial charge in [0.2, 0.25) is 10.3 Å². The molecule has 0 aromatic rings. The van der Waals surface area contributed by atoms with Crippen LogP contribution in [0.5, 0.6) is 0 Å². The van der Waals surface area contributed by atoms with Gasteiger partial charge in [-0.3, -0.25) is 0 Å². The first kappa shape index (κ1) is 10.7. The number of ether oxygens (including phenoxy) is 1. The summed E-state index contributed by atoms with van der Waals surface area (Å²) in [6.07, 6.45) is 4.67. The van der Waals surface area contributed by atoms with Crippen molar-refractivity contribution in [2.24, 2.45) is 0 Å². The molecule has 0 aromatic heterocycles. The standard InChI is InChI=1S/C9H10O4S/c1-2-13-9(10)7-4-3-5-8(6-7)14(11)12/h3-5H,2,6H2,1H3. The van der Waals surface area contributed by atoms with E-state index >= 15 is 0 Å². The second-order valence-electron chi connectivity index (χ2n) is 2.65. The summed E-state index contributed by atoms with van der Waals surface area (Å²) >= 11 is 0. The van der Waals surface area contributed by atoms with Gasteiger partial charge < -0.3 is 4.74 Å². The van der Waals surface area contributed by atoms with E-state index in [1.807, 2.05) is 0 Å². The number of esters is 1. The van der Waals surface area contributed by atoms with Gasteiger partial charge in [-0.05, 0) is 13.0 Å². The van der Waals surface area contributed by atoms with Gasteiger partial charge in [0, 0.05) is 12.0 Å². The highest BCUT2D eigenvalue weighted by molar-refractivity contribution is 7.73. The lowest BCUT2D eigenvalue weighted by Gasteiger charge is -2.07. The molecule has 0 aliphatic heterocycles. The first-order valence-electron chi connectivity index (χ1n) is 4.14. The zero-order chi connectivity index (χ0) is 10.6. The summed E-state index contributed by atoms with van der Waals surface area (Å²) in [4.78, 5) is 11.4. The minimum atomic E-state index is -2.26. The van der Waals surface area contributed by atoms with E-state index < -0.39 is 16.3 Å². The Labute approximate surface area is 83.4 Å². The van der Waals surface area contributed by atoms with Crippen molar-refractivity contribution in [3.8, 4) is 0 Å². The van der Waals surface area contributed by atoms with E-state index in [0.717, 1.165) is 0 Å². The van der Waals surface area contributed by atoms with Gasteiger partial charge in [-0.2, -0.15) is 8.42 Å². The van der Waals surface area contributed by atoms with E-state index in [9.17, 15) is 13.2 Å². The first-order chi connectivity index (χ1) is 6.65. The van der Waals surface area contributed by atoms with Gasteiger partial charge in [0.1, 0.15) is 0 Å². The second-order valence-corrected chi connectivity index (χ2v) is 3.64. The summed E-state index contributed by atoms with van der Waals surface area (Å²) in [5, 5.41) is 0. The summed E-state index contributed by atoms with van der Waals surface area (Å²) in [6.45, 7) is 1.99. The third-order valence-electron chi connectivity index (χ3n) is 1.70. The van der Waals surface area contributed by atoms with Crippen LogP contribution in [0, 0.1) is 0 Å². The van der Waals surface area contributed by atoms with Crippen LogP contribution in [0.15, 0.2) is 23.8 Å². The molecule has 0 saturated carbocycles. The molecule has 0 heterocycles. The predicted octanol–water partition coefficient (Wildman–Crippen LogP) is 0.487. The van der Waals surface area contributed by atoms with Crippen molar-refractivity contribution in [1.82, 2.24) is 0 Å². The van der Waals surface area contributed by atoms with Crippen molar-refractivity contribution in [3.05, 3.63) is 23.8 Å². The fraction of sp³-hybridized carbons (Fsp3) is 0.333. The molecule has 14 heavy (non-hydrogen) atoms. The Balaban J connectivity index is 2.86. The number of rotatable bonds is 2. The SMILES string of the molecule is CCOC(=O)C1=CC=CC(=S(=O)=O)C1. The van der Waals surface area contributed by atoms with E-state index in [1.54, 1.807) is 13.0 Å². The van der Waals surface area contributed by atoms with Crippen molar-refractivity contribution in [2.75, 3.05) is 6.61 Å². The summed E-state index contributed by atoms with van der Waals surface area (Å²) < 4.78 is 26.0. The Hall–Kier alpha value is -1.36. The molecular formula is C9H10O4S. The molecule has 0 spiro atoms. The molecule has 0 bridgehead atoms. The van der Waals surface area contributed by atoms with E-state index in [4.69, 9.17) is 4.74 Å². The predicted molar refractivity (Wildman–Crippen MR) is 52.4 cm³/mol. The number of carbonyl (C=O) groups is 1. The van der Waals surface area contributed by atoms with E-state index in [2.05, 4.69) is 0 Å². The number of carbonyl (C=O) groups excluding carboxylic acids is 1. The van der Waals surface area contributed by atoms with Gasteiger partial charge in [0.25, 0.3) is 0 Å². The maximum atomic E-state index is 11.2. The van der Waals surface area contributed by atoms with Crippen LogP contribution in [0.1, 0.15) is 13.3 Å². The van der Waals surface area contributed by atoms with Crippen molar-refractivity contribution in [1.29, 1.82) is 0 Å². The Morgan fingerprint density at radius 2 is 2.29 bits per heavy atom. The molecule has 0 N–H and O–H groups in total. The molecule has 0 amide bonds. The van der Waals surface area contributed by atoms with Gasteiger partial charge in [0.15, 0.2) is 0 Å². The third-order valence-corrected chi connectivity index (χ3v) is 2.40. The zero-order valence-corrected chi connectivity index (χ0v) is 8.50. The number of hydrogen-bond acceptors (Lipinski definition) is 4. The average molecular weight is 214 g/mol. The van der Waals surface area contributed by atoms with Gasteiger partial charge in [0.05, 0.1) is 11.5 Å². The van der Waals surface area contributed by atoms with Crippen LogP contribution in [0.3, 0.4) is 0 Å². The lowest BCUT2D eigenvalue weighted by Crippen LogP contribution is -2.13. The fourth-order valence-electron chi connectivity index (χ4n) is 1.06. The topological polar surface area (TPSA) is 60.4 Å². The molecule has 0 unspecified atom stereocenters. The van der Waals surface area contributed by atoms with E-state index in [1.165, 1.54) is 12.2 Å². The summed E-state index contributed by atoms with van der Waals surface area (Å²) in [5.74, 6) is -0.459. The van der Waals surface area contributed by atoms with E-state index in [-0.39, 0.29) is 17.9 Å². The van der Waals surface area contributed by atoms with Crippen molar-refractivity contribution in [2.45, 2.75) is 13.3 Å². The minimum absolute atomic E-state index is 0.117. The molecule has 76 valence electrons. The van der Waals surface area contributed by atoms with E-state index in [0.29, 0.717) is 5.57 Å². The lowest BCUT2D eigenvalue weighted by atomic mass is 10.1. The monoisotopic (exact) mass is 214 g/mol. The molecule has 0 aromatic carbocycles. The lowest BCUT2D eigenvalue weighted by molar-refractivity contribution is -0.138. The maximum Gasteiger partial charge on any atom is 0.334 e. The Morgan fingerprint density at radius 1 is 1.57 bits per heavy atom. The van der Waals surface area contributed by atoms with Gasteiger partial charge in [-0.15, -0.1) is 0 Å². The Kier molecular flexibility index (Phi) is 3.64. The van der Waals surface area contributed by atoms with Gasteiger partial charge in [-0.1, -0.05) is 12.2 Å². The van der Waals surface area contributed by atoms with Gasteiger partial charge >= 0.3 is 5.97 Å². The second kappa shape index (κ2) is 4.76. The largest absolute Gasteiger partial charge is 0.463 e. The van der Waals surface area contributed by atoms with Crippen LogP contribution in [-0.4, -0.2) is 25.9 Å². The number of allylic oxidation sites excluding steroid dienone is 3. The molecule has 1 aliphatic rings. The van der Waals surface area contributed by atoms with Crippen LogP contribution in [0.25, 0.3) is 0 Å². The van der Waals surface area contributed by atoms with Crippen molar-refractivity contribution in [3.63, 3.8) is 0 Å². The summed E-state index contributed by atoms with van der Waals surface area (Å²) in [6, 6.07) is 0. The highest BCUT2D eigenvalue weighted by Gasteiger charge is 2.14. The maximum absolute atomic E-state index is 11.2. The van der Waals surface area contributed by atoms with Crippen LogP contribution in [0.2, 0.25) is 0 Å². The molecule has 0 radical (unpaired) electrons. The molecule has 0 fully saturated rings. The van der Waals surface area contributed by atoms with Crippen LogP contribution in [-0.2, 0) is 19.8 Å². The Bertz CT molecular complexity index is 418. The zero-order valence-electron chi connectivity index (χ0n) is 7.69. The van der Waals surface area contributed by atoms with Crippen molar-refractivity contribution < 1.29 is 17.9 Å². The quantitative estimate of drug-likeness (QED) is 0.495. The Morgan fingerprint density at radius 3 is 2.86 bits per heavy atom. The average Bonchev–Trinajstić information content (AvgIpc) is 2.18. The van der Waals surface area contributed by atoms with Crippen LogP contribution < -0.4 is 0 Å².